The number of nitrogens with two attached hydrogens (primary N) is 1. The molecule has 0 bridgehead atoms. The highest BCUT2D eigenvalue weighted by molar-refractivity contribution is 5.70. The lowest BCUT2D eigenvalue weighted by atomic mass is 9.87. The maximum absolute atomic E-state index is 5.69. The highest BCUT2D eigenvalue weighted by atomic mass is 15.2. The molecule has 0 unspecified atom stereocenters. The van der Waals surface area contributed by atoms with Gasteiger partial charge in [0.25, 0.3) is 0 Å². The molecule has 0 atom stereocenters. The molecule has 0 spiro atoms. The van der Waals surface area contributed by atoms with Gasteiger partial charge in [-0.1, -0.05) is 32.0 Å². The van der Waals surface area contributed by atoms with E-state index in [-0.39, 0.29) is 5.41 Å². The summed E-state index contributed by atoms with van der Waals surface area (Å²) in [6, 6.07) is 12.4. The summed E-state index contributed by atoms with van der Waals surface area (Å²) in [5, 5.41) is 0. The number of benzene rings is 1. The minimum absolute atomic E-state index is 0.152. The minimum Gasteiger partial charge on any atom is -0.397 e. The predicted molar refractivity (Wildman–Crippen MR) is 75.1 cm³/mol. The Kier molecular flexibility index (Phi) is 2.30. The first-order valence-corrected chi connectivity index (χ1v) is 6.16. The summed E-state index contributed by atoms with van der Waals surface area (Å²) in [6.45, 7) is 5.48. The summed E-state index contributed by atoms with van der Waals surface area (Å²) in [6.07, 6.45) is 1.71. The summed E-state index contributed by atoms with van der Waals surface area (Å²) >= 11 is 0. The van der Waals surface area contributed by atoms with E-state index in [2.05, 4.69) is 48.0 Å². The molecule has 2 aromatic rings. The summed E-state index contributed by atoms with van der Waals surface area (Å²) in [5.74, 6) is 0.960. The Morgan fingerprint density at radius 2 is 1.94 bits per heavy atom. The van der Waals surface area contributed by atoms with Crippen LogP contribution in [0.15, 0.2) is 42.6 Å². The third-order valence-electron chi connectivity index (χ3n) is 3.52. The molecular formula is C15H17N3. The molecule has 1 aromatic heterocycles. The van der Waals surface area contributed by atoms with E-state index in [1.54, 1.807) is 6.20 Å². The van der Waals surface area contributed by atoms with Gasteiger partial charge in [0.1, 0.15) is 5.82 Å². The van der Waals surface area contributed by atoms with Gasteiger partial charge in [-0.05, 0) is 23.8 Å². The number of aromatic nitrogens is 1. The van der Waals surface area contributed by atoms with Gasteiger partial charge in [-0.25, -0.2) is 4.98 Å². The van der Waals surface area contributed by atoms with Crippen LogP contribution < -0.4 is 10.6 Å². The molecule has 2 heterocycles. The van der Waals surface area contributed by atoms with Crippen LogP contribution in [0.2, 0.25) is 0 Å². The van der Waals surface area contributed by atoms with Crippen molar-refractivity contribution in [2.75, 3.05) is 17.2 Å². The van der Waals surface area contributed by atoms with Crippen molar-refractivity contribution in [3.63, 3.8) is 0 Å². The quantitative estimate of drug-likeness (QED) is 0.831. The van der Waals surface area contributed by atoms with Crippen molar-refractivity contribution in [2.45, 2.75) is 19.3 Å². The number of anilines is 3. The Labute approximate surface area is 107 Å². The maximum atomic E-state index is 5.69. The second-order valence-electron chi connectivity index (χ2n) is 5.44. The third kappa shape index (κ3) is 1.63. The summed E-state index contributed by atoms with van der Waals surface area (Å²) < 4.78 is 0. The average molecular weight is 239 g/mol. The van der Waals surface area contributed by atoms with E-state index < -0.39 is 0 Å². The van der Waals surface area contributed by atoms with Gasteiger partial charge in [0, 0.05) is 17.6 Å². The molecule has 3 rings (SSSR count). The van der Waals surface area contributed by atoms with Crippen molar-refractivity contribution in [1.82, 2.24) is 4.98 Å². The van der Waals surface area contributed by atoms with E-state index in [0.29, 0.717) is 5.69 Å². The lowest BCUT2D eigenvalue weighted by Crippen LogP contribution is -2.25. The molecule has 0 amide bonds. The van der Waals surface area contributed by atoms with Gasteiger partial charge in [0.15, 0.2) is 0 Å². The zero-order chi connectivity index (χ0) is 12.8. The Morgan fingerprint density at radius 3 is 2.67 bits per heavy atom. The number of nitrogens with zero attached hydrogens (tertiary/aromatic N) is 2. The van der Waals surface area contributed by atoms with Crippen LogP contribution in [0.4, 0.5) is 17.2 Å². The van der Waals surface area contributed by atoms with Crippen molar-refractivity contribution >= 4 is 17.2 Å². The Hall–Kier alpha value is -2.03. The number of hydrogen-bond acceptors (Lipinski definition) is 3. The smallest absolute Gasteiger partial charge is 0.133 e. The first-order chi connectivity index (χ1) is 8.58. The van der Waals surface area contributed by atoms with Gasteiger partial charge in [-0.2, -0.15) is 0 Å². The molecule has 18 heavy (non-hydrogen) atoms. The van der Waals surface area contributed by atoms with E-state index >= 15 is 0 Å². The van der Waals surface area contributed by atoms with Crippen LogP contribution in [0.25, 0.3) is 0 Å². The summed E-state index contributed by atoms with van der Waals surface area (Å²) in [4.78, 5) is 6.68. The van der Waals surface area contributed by atoms with Crippen molar-refractivity contribution in [1.29, 1.82) is 0 Å². The monoisotopic (exact) mass is 239 g/mol. The normalized spacial score (nSPS) is 16.7. The first kappa shape index (κ1) is 11.1. The van der Waals surface area contributed by atoms with Crippen LogP contribution in [0.5, 0.6) is 0 Å². The molecule has 0 saturated heterocycles. The number of fused-ring (bicyclic) bond motifs is 1. The molecule has 3 heteroatoms. The maximum Gasteiger partial charge on any atom is 0.133 e. The zero-order valence-corrected chi connectivity index (χ0v) is 10.7. The van der Waals surface area contributed by atoms with Gasteiger partial charge in [-0.3, -0.25) is 0 Å². The number of para-hydroxylation sites is 1. The van der Waals surface area contributed by atoms with Crippen molar-refractivity contribution in [3.05, 3.63) is 48.2 Å². The van der Waals surface area contributed by atoms with Gasteiger partial charge < -0.3 is 10.6 Å². The molecule has 0 fully saturated rings. The second kappa shape index (κ2) is 3.73. The van der Waals surface area contributed by atoms with Crippen molar-refractivity contribution in [3.8, 4) is 0 Å². The molecule has 1 aromatic carbocycles. The standard InChI is InChI=1S/C15H17N3/c1-15(2)10-18(13-6-4-3-5-12(13)15)14-8-7-11(16)9-17-14/h3-9H,10,16H2,1-2H3. The van der Waals surface area contributed by atoms with Gasteiger partial charge >= 0.3 is 0 Å². The number of hydrogen-bond donors (Lipinski definition) is 1. The van der Waals surface area contributed by atoms with Gasteiger partial charge in [-0.15, -0.1) is 0 Å². The van der Waals surface area contributed by atoms with Gasteiger partial charge in [0.2, 0.25) is 0 Å². The molecule has 2 N–H and O–H groups in total. The van der Waals surface area contributed by atoms with E-state index in [9.17, 15) is 0 Å². The fraction of sp³-hybridized carbons (Fsp3) is 0.267. The SMILES string of the molecule is CC1(C)CN(c2ccc(N)cn2)c2ccccc21. The zero-order valence-electron chi connectivity index (χ0n) is 10.7. The molecule has 1 aliphatic rings. The lowest BCUT2D eigenvalue weighted by Gasteiger charge is -2.21. The summed E-state index contributed by atoms with van der Waals surface area (Å²) in [5.41, 5.74) is 9.17. The van der Waals surface area contributed by atoms with Crippen molar-refractivity contribution < 1.29 is 0 Å². The van der Waals surface area contributed by atoms with E-state index in [1.807, 2.05) is 12.1 Å². The van der Waals surface area contributed by atoms with Crippen LogP contribution in [-0.2, 0) is 5.41 Å². The van der Waals surface area contributed by atoms with Crippen LogP contribution in [0, 0.1) is 0 Å². The Morgan fingerprint density at radius 1 is 1.17 bits per heavy atom. The van der Waals surface area contributed by atoms with Crippen LogP contribution >= 0.6 is 0 Å². The lowest BCUT2D eigenvalue weighted by molar-refractivity contribution is 0.568. The molecule has 0 saturated carbocycles. The number of pyridine rings is 1. The van der Waals surface area contributed by atoms with E-state index in [4.69, 9.17) is 5.73 Å². The molecule has 3 nitrogen and oxygen atoms in total. The fourth-order valence-corrected chi connectivity index (χ4v) is 2.61. The molecule has 1 aliphatic heterocycles. The molecular weight excluding hydrogens is 222 g/mol. The summed E-state index contributed by atoms with van der Waals surface area (Å²) in [7, 11) is 0. The van der Waals surface area contributed by atoms with E-state index in [1.165, 1.54) is 11.3 Å². The van der Waals surface area contributed by atoms with Gasteiger partial charge in [0.05, 0.1) is 11.9 Å². The van der Waals surface area contributed by atoms with Crippen molar-refractivity contribution in [2.24, 2.45) is 0 Å². The Balaban J connectivity index is 2.08. The third-order valence-corrected chi connectivity index (χ3v) is 3.52. The largest absolute Gasteiger partial charge is 0.397 e. The molecule has 92 valence electrons. The highest BCUT2D eigenvalue weighted by Crippen LogP contribution is 2.43. The second-order valence-corrected chi connectivity index (χ2v) is 5.44. The highest BCUT2D eigenvalue weighted by Gasteiger charge is 2.35. The number of nitrogen functional groups attached to an aromatic ring is 1. The molecule has 0 aliphatic carbocycles. The van der Waals surface area contributed by atoms with E-state index in [0.717, 1.165) is 12.4 Å². The number of rotatable bonds is 1. The van der Waals surface area contributed by atoms with Crippen LogP contribution in [0.1, 0.15) is 19.4 Å². The first-order valence-electron chi connectivity index (χ1n) is 6.16. The minimum atomic E-state index is 0.152. The molecule has 0 radical (unpaired) electrons. The fourth-order valence-electron chi connectivity index (χ4n) is 2.61. The Bertz CT molecular complexity index is 573. The topological polar surface area (TPSA) is 42.1 Å². The van der Waals surface area contributed by atoms with Crippen LogP contribution in [-0.4, -0.2) is 11.5 Å². The average Bonchev–Trinajstić information content (AvgIpc) is 2.63. The predicted octanol–water partition coefficient (Wildman–Crippen LogP) is 3.09. The van der Waals surface area contributed by atoms with Crippen LogP contribution in [0.3, 0.4) is 0 Å².